The van der Waals surface area contributed by atoms with Crippen LogP contribution < -0.4 is 0 Å². The molecule has 4 heteroatoms. The van der Waals surface area contributed by atoms with Crippen molar-refractivity contribution in [2.24, 2.45) is 5.92 Å². The summed E-state index contributed by atoms with van der Waals surface area (Å²) in [5, 5.41) is 8.72. The van der Waals surface area contributed by atoms with E-state index in [1.807, 2.05) is 6.92 Å². The number of hydrogen-bond donors (Lipinski definition) is 1. The van der Waals surface area contributed by atoms with Crippen LogP contribution in [0.15, 0.2) is 0 Å². The third kappa shape index (κ3) is 4.49. The van der Waals surface area contributed by atoms with Gasteiger partial charge in [-0.3, -0.25) is 4.79 Å². The normalized spacial score (nSPS) is 24.6. The van der Waals surface area contributed by atoms with Gasteiger partial charge in [-0.2, -0.15) is 0 Å². The molecule has 0 radical (unpaired) electrons. The molecule has 1 N–H and O–H groups in total. The predicted octanol–water partition coefficient (Wildman–Crippen LogP) is 1.12. The van der Waals surface area contributed by atoms with E-state index >= 15 is 0 Å². The number of likely N-dealkylation sites (tertiary alicyclic amines) is 1. The highest BCUT2D eigenvalue weighted by atomic mass is 16.4. The van der Waals surface area contributed by atoms with Crippen LogP contribution in [0.2, 0.25) is 0 Å². The number of hydrogen-bond acceptors (Lipinski definition) is 3. The quantitative estimate of drug-likeness (QED) is 0.766. The van der Waals surface area contributed by atoms with Gasteiger partial charge < -0.3 is 14.9 Å². The molecule has 0 amide bonds. The number of nitrogens with zero attached hydrogens (tertiary/aromatic N) is 2. The zero-order valence-electron chi connectivity index (χ0n) is 10.6. The second-order valence-corrected chi connectivity index (χ2v) is 5.20. The highest BCUT2D eigenvalue weighted by Gasteiger charge is 2.22. The SMILES string of the molecule is CC(CC(=O)O)CN(C)C1CCCN(C)C1. The van der Waals surface area contributed by atoms with E-state index in [-0.39, 0.29) is 12.3 Å². The van der Waals surface area contributed by atoms with E-state index < -0.39 is 5.97 Å². The Balaban J connectivity index is 2.32. The predicted molar refractivity (Wildman–Crippen MR) is 64.6 cm³/mol. The van der Waals surface area contributed by atoms with E-state index in [0.717, 1.165) is 13.1 Å². The summed E-state index contributed by atoms with van der Waals surface area (Å²) in [4.78, 5) is 15.3. The van der Waals surface area contributed by atoms with Crippen molar-refractivity contribution in [1.29, 1.82) is 0 Å². The van der Waals surface area contributed by atoms with Gasteiger partial charge in [0.1, 0.15) is 0 Å². The van der Waals surface area contributed by atoms with Crippen molar-refractivity contribution in [3.8, 4) is 0 Å². The molecule has 1 fully saturated rings. The average molecular weight is 228 g/mol. The first-order valence-electron chi connectivity index (χ1n) is 6.09. The molecule has 1 saturated heterocycles. The molecule has 1 rings (SSSR count). The Labute approximate surface area is 98.2 Å². The first-order chi connectivity index (χ1) is 7.49. The monoisotopic (exact) mass is 228 g/mol. The van der Waals surface area contributed by atoms with E-state index in [2.05, 4.69) is 23.9 Å². The molecule has 0 aliphatic carbocycles. The van der Waals surface area contributed by atoms with Crippen molar-refractivity contribution in [3.63, 3.8) is 0 Å². The molecule has 1 aliphatic rings. The van der Waals surface area contributed by atoms with Gasteiger partial charge in [-0.15, -0.1) is 0 Å². The minimum absolute atomic E-state index is 0.231. The summed E-state index contributed by atoms with van der Waals surface area (Å²) in [7, 11) is 4.27. The van der Waals surface area contributed by atoms with Crippen LogP contribution in [0.25, 0.3) is 0 Å². The fraction of sp³-hybridized carbons (Fsp3) is 0.917. The van der Waals surface area contributed by atoms with E-state index in [1.54, 1.807) is 0 Å². The molecule has 2 atom stereocenters. The molecule has 0 aromatic rings. The van der Waals surface area contributed by atoms with Crippen molar-refractivity contribution in [3.05, 3.63) is 0 Å². The zero-order valence-corrected chi connectivity index (χ0v) is 10.6. The van der Waals surface area contributed by atoms with Crippen LogP contribution in [0.5, 0.6) is 0 Å². The summed E-state index contributed by atoms with van der Waals surface area (Å²) in [6.45, 7) is 5.19. The van der Waals surface area contributed by atoms with Crippen molar-refractivity contribution < 1.29 is 9.90 Å². The summed E-state index contributed by atoms with van der Waals surface area (Å²) < 4.78 is 0. The molecule has 1 heterocycles. The number of aliphatic carboxylic acids is 1. The highest BCUT2D eigenvalue weighted by Crippen LogP contribution is 2.15. The number of piperidine rings is 1. The maximum Gasteiger partial charge on any atom is 0.303 e. The van der Waals surface area contributed by atoms with Crippen LogP contribution in [0.1, 0.15) is 26.2 Å². The van der Waals surface area contributed by atoms with E-state index in [9.17, 15) is 4.79 Å². The second kappa shape index (κ2) is 6.21. The van der Waals surface area contributed by atoms with Gasteiger partial charge in [-0.05, 0) is 39.4 Å². The van der Waals surface area contributed by atoms with Crippen molar-refractivity contribution in [2.75, 3.05) is 33.7 Å². The van der Waals surface area contributed by atoms with Gasteiger partial charge in [0.05, 0.1) is 0 Å². The molecular weight excluding hydrogens is 204 g/mol. The lowest BCUT2D eigenvalue weighted by Gasteiger charge is -2.36. The number of carboxylic acids is 1. The molecule has 16 heavy (non-hydrogen) atoms. The number of carboxylic acid groups (broad SMARTS) is 1. The molecule has 4 nitrogen and oxygen atoms in total. The smallest absolute Gasteiger partial charge is 0.303 e. The summed E-state index contributed by atoms with van der Waals surface area (Å²) in [6.07, 6.45) is 2.76. The van der Waals surface area contributed by atoms with Crippen LogP contribution in [-0.4, -0.2) is 60.6 Å². The summed E-state index contributed by atoms with van der Waals surface area (Å²) >= 11 is 0. The molecule has 0 aromatic carbocycles. The lowest BCUT2D eigenvalue weighted by Crippen LogP contribution is -2.46. The fourth-order valence-electron chi connectivity index (χ4n) is 2.50. The molecule has 0 aromatic heterocycles. The molecule has 0 spiro atoms. The van der Waals surface area contributed by atoms with Crippen molar-refractivity contribution in [2.45, 2.75) is 32.2 Å². The summed E-state index contributed by atoms with van der Waals surface area (Å²) in [6, 6.07) is 0.593. The Morgan fingerprint density at radius 3 is 2.88 bits per heavy atom. The van der Waals surface area contributed by atoms with Gasteiger partial charge in [0, 0.05) is 25.6 Å². The highest BCUT2D eigenvalue weighted by molar-refractivity contribution is 5.66. The maximum atomic E-state index is 10.6. The third-order valence-corrected chi connectivity index (χ3v) is 3.35. The lowest BCUT2D eigenvalue weighted by molar-refractivity contribution is -0.138. The molecule has 0 bridgehead atoms. The third-order valence-electron chi connectivity index (χ3n) is 3.35. The Kier molecular flexibility index (Phi) is 5.22. The van der Waals surface area contributed by atoms with Crippen LogP contribution in [0, 0.1) is 5.92 Å². The Morgan fingerprint density at radius 1 is 1.62 bits per heavy atom. The molecule has 1 aliphatic heterocycles. The second-order valence-electron chi connectivity index (χ2n) is 5.20. The first kappa shape index (κ1) is 13.5. The Bertz CT molecular complexity index is 233. The van der Waals surface area contributed by atoms with Gasteiger partial charge in [0.2, 0.25) is 0 Å². The minimum atomic E-state index is -0.693. The van der Waals surface area contributed by atoms with E-state index in [0.29, 0.717) is 6.04 Å². The molecular formula is C12H24N2O2. The first-order valence-corrected chi connectivity index (χ1v) is 6.09. The van der Waals surface area contributed by atoms with Crippen LogP contribution in [0.4, 0.5) is 0 Å². The van der Waals surface area contributed by atoms with Gasteiger partial charge in [-0.1, -0.05) is 6.92 Å². The zero-order chi connectivity index (χ0) is 12.1. The Hall–Kier alpha value is -0.610. The maximum absolute atomic E-state index is 10.6. The summed E-state index contributed by atoms with van der Waals surface area (Å²) in [5.74, 6) is -0.462. The van der Waals surface area contributed by atoms with Crippen molar-refractivity contribution >= 4 is 5.97 Å². The molecule has 94 valence electrons. The van der Waals surface area contributed by atoms with Crippen molar-refractivity contribution in [1.82, 2.24) is 9.80 Å². The lowest BCUT2D eigenvalue weighted by atomic mass is 10.0. The van der Waals surface area contributed by atoms with Crippen LogP contribution in [0.3, 0.4) is 0 Å². The van der Waals surface area contributed by atoms with Gasteiger partial charge in [0.25, 0.3) is 0 Å². The average Bonchev–Trinajstić information content (AvgIpc) is 2.16. The molecule has 2 unspecified atom stereocenters. The van der Waals surface area contributed by atoms with E-state index in [4.69, 9.17) is 5.11 Å². The number of carbonyl (C=O) groups is 1. The largest absolute Gasteiger partial charge is 0.481 e. The number of rotatable bonds is 5. The number of likely N-dealkylation sites (N-methyl/N-ethyl adjacent to an activating group) is 2. The van der Waals surface area contributed by atoms with Crippen LogP contribution in [-0.2, 0) is 4.79 Å². The molecule has 0 saturated carbocycles. The Morgan fingerprint density at radius 2 is 2.31 bits per heavy atom. The minimum Gasteiger partial charge on any atom is -0.481 e. The van der Waals surface area contributed by atoms with Gasteiger partial charge in [-0.25, -0.2) is 0 Å². The topological polar surface area (TPSA) is 43.8 Å². The van der Waals surface area contributed by atoms with E-state index in [1.165, 1.54) is 19.4 Å². The van der Waals surface area contributed by atoms with Gasteiger partial charge in [0.15, 0.2) is 0 Å². The summed E-state index contributed by atoms with van der Waals surface area (Å²) in [5.41, 5.74) is 0. The van der Waals surface area contributed by atoms with Crippen LogP contribution >= 0.6 is 0 Å². The standard InChI is InChI=1S/C12H24N2O2/c1-10(7-12(15)16)8-14(3)11-5-4-6-13(2)9-11/h10-11H,4-9H2,1-3H3,(H,15,16). The fourth-order valence-corrected chi connectivity index (χ4v) is 2.50. The van der Waals surface area contributed by atoms with Gasteiger partial charge >= 0.3 is 5.97 Å².